The number of nitrogens with zero attached hydrogens (tertiary/aromatic N) is 1. The van der Waals surface area contributed by atoms with Crippen molar-refractivity contribution in [2.75, 3.05) is 32.7 Å². The second-order valence-electron chi connectivity index (χ2n) is 5.44. The number of halogens is 3. The third-order valence-electron chi connectivity index (χ3n) is 3.80. The Labute approximate surface area is 136 Å². The van der Waals surface area contributed by atoms with Crippen molar-refractivity contribution in [3.8, 4) is 0 Å². The molecule has 1 aliphatic rings. The Hall–Kier alpha value is -2.13. The van der Waals surface area contributed by atoms with E-state index in [1.54, 1.807) is 0 Å². The highest BCUT2D eigenvalue weighted by Gasteiger charge is 2.43. The molecule has 1 aromatic rings. The highest BCUT2D eigenvalue weighted by molar-refractivity contribution is 5.97. The molecule has 0 aromatic heterocycles. The molecule has 1 fully saturated rings. The fourth-order valence-corrected chi connectivity index (χ4v) is 2.53. The number of piperazine rings is 1. The van der Waals surface area contributed by atoms with Crippen molar-refractivity contribution >= 4 is 11.9 Å². The number of carbonyl (C=O) groups excluding carboxylic acids is 1. The van der Waals surface area contributed by atoms with Gasteiger partial charge in [0.25, 0.3) is 5.91 Å². The lowest BCUT2D eigenvalue weighted by molar-refractivity contribution is -0.183. The van der Waals surface area contributed by atoms with Crippen LogP contribution in [0.4, 0.5) is 13.2 Å². The van der Waals surface area contributed by atoms with Crippen molar-refractivity contribution in [1.82, 2.24) is 15.5 Å². The van der Waals surface area contributed by atoms with E-state index in [0.717, 1.165) is 6.07 Å². The summed E-state index contributed by atoms with van der Waals surface area (Å²) in [5.74, 6) is -1.94. The number of hydrogen-bond donors (Lipinski definition) is 3. The van der Waals surface area contributed by atoms with E-state index in [0.29, 0.717) is 13.1 Å². The first-order chi connectivity index (χ1) is 11.3. The normalized spacial score (nSPS) is 17.3. The van der Waals surface area contributed by atoms with Crippen LogP contribution in [0.25, 0.3) is 0 Å². The molecule has 1 amide bonds. The van der Waals surface area contributed by atoms with Gasteiger partial charge in [-0.15, -0.1) is 0 Å². The number of benzene rings is 1. The molecule has 2 rings (SSSR count). The molecule has 0 spiro atoms. The molecule has 1 aliphatic heterocycles. The second kappa shape index (κ2) is 7.63. The number of carboxylic acid groups (broad SMARTS) is 1. The van der Waals surface area contributed by atoms with Gasteiger partial charge in [-0.25, -0.2) is 4.79 Å². The van der Waals surface area contributed by atoms with Gasteiger partial charge in [-0.05, 0) is 18.2 Å². The number of rotatable bonds is 5. The molecule has 0 aliphatic carbocycles. The summed E-state index contributed by atoms with van der Waals surface area (Å²) in [4.78, 5) is 24.2. The SMILES string of the molecule is O=C(O)c1cccc(C(=O)NCC(N2CCNCC2)C(F)(F)F)c1. The third-order valence-corrected chi connectivity index (χ3v) is 3.80. The molecule has 3 N–H and O–H groups in total. The van der Waals surface area contributed by atoms with Gasteiger partial charge < -0.3 is 15.7 Å². The van der Waals surface area contributed by atoms with Gasteiger partial charge in [-0.2, -0.15) is 13.2 Å². The van der Waals surface area contributed by atoms with E-state index in [1.807, 2.05) is 0 Å². The minimum Gasteiger partial charge on any atom is -0.478 e. The topological polar surface area (TPSA) is 81.7 Å². The van der Waals surface area contributed by atoms with E-state index in [-0.39, 0.29) is 24.2 Å². The van der Waals surface area contributed by atoms with Crippen LogP contribution in [0.1, 0.15) is 20.7 Å². The summed E-state index contributed by atoms with van der Waals surface area (Å²) < 4.78 is 39.7. The lowest BCUT2D eigenvalue weighted by Gasteiger charge is -2.35. The average Bonchev–Trinajstić information content (AvgIpc) is 2.54. The first-order valence-corrected chi connectivity index (χ1v) is 7.42. The molecule has 132 valence electrons. The zero-order valence-electron chi connectivity index (χ0n) is 12.8. The number of carboxylic acids is 1. The predicted octanol–water partition coefficient (Wildman–Crippen LogP) is 0.951. The van der Waals surface area contributed by atoms with Gasteiger partial charge in [-0.1, -0.05) is 6.07 Å². The van der Waals surface area contributed by atoms with E-state index in [1.165, 1.54) is 23.1 Å². The van der Waals surface area contributed by atoms with E-state index < -0.39 is 30.6 Å². The molecule has 9 heteroatoms. The Balaban J connectivity index is 2.04. The van der Waals surface area contributed by atoms with Gasteiger partial charge in [0, 0.05) is 38.3 Å². The van der Waals surface area contributed by atoms with Gasteiger partial charge in [0.2, 0.25) is 0 Å². The summed E-state index contributed by atoms with van der Waals surface area (Å²) >= 11 is 0. The first-order valence-electron chi connectivity index (χ1n) is 7.42. The number of aromatic carboxylic acids is 1. The Morgan fingerprint density at radius 2 is 1.88 bits per heavy atom. The van der Waals surface area contributed by atoms with E-state index >= 15 is 0 Å². The van der Waals surface area contributed by atoms with Crippen LogP contribution in [0.5, 0.6) is 0 Å². The zero-order valence-corrected chi connectivity index (χ0v) is 12.8. The van der Waals surface area contributed by atoms with E-state index in [2.05, 4.69) is 10.6 Å². The smallest absolute Gasteiger partial charge is 0.405 e. The zero-order chi connectivity index (χ0) is 17.7. The summed E-state index contributed by atoms with van der Waals surface area (Å²) in [5, 5.41) is 14.1. The highest BCUT2D eigenvalue weighted by atomic mass is 19.4. The number of hydrogen-bond acceptors (Lipinski definition) is 4. The molecule has 1 atom stereocenters. The van der Waals surface area contributed by atoms with Crippen LogP contribution in [0.3, 0.4) is 0 Å². The summed E-state index contributed by atoms with van der Waals surface area (Å²) in [6.45, 7) is 0.824. The van der Waals surface area contributed by atoms with Crippen LogP contribution in [0, 0.1) is 0 Å². The highest BCUT2D eigenvalue weighted by Crippen LogP contribution is 2.24. The number of carbonyl (C=O) groups is 2. The van der Waals surface area contributed by atoms with Crippen LogP contribution >= 0.6 is 0 Å². The van der Waals surface area contributed by atoms with Crippen LogP contribution < -0.4 is 10.6 Å². The molecule has 24 heavy (non-hydrogen) atoms. The largest absolute Gasteiger partial charge is 0.478 e. The van der Waals surface area contributed by atoms with Crippen molar-refractivity contribution in [3.63, 3.8) is 0 Å². The lowest BCUT2D eigenvalue weighted by Crippen LogP contribution is -2.57. The fourth-order valence-electron chi connectivity index (χ4n) is 2.53. The summed E-state index contributed by atoms with van der Waals surface area (Å²) in [5.41, 5.74) is -0.0896. The quantitative estimate of drug-likeness (QED) is 0.740. The molecular weight excluding hydrogens is 327 g/mol. The Kier molecular flexibility index (Phi) is 5.79. The second-order valence-corrected chi connectivity index (χ2v) is 5.44. The van der Waals surface area contributed by atoms with Crippen LogP contribution in [-0.4, -0.2) is 66.8 Å². The van der Waals surface area contributed by atoms with Gasteiger partial charge in [0.05, 0.1) is 5.56 Å². The number of nitrogens with one attached hydrogen (secondary N) is 2. The number of amides is 1. The molecule has 0 bridgehead atoms. The maximum Gasteiger partial charge on any atom is 0.405 e. The minimum atomic E-state index is -4.46. The summed E-state index contributed by atoms with van der Waals surface area (Å²) in [6.07, 6.45) is -4.46. The first kappa shape index (κ1) is 18.2. The van der Waals surface area contributed by atoms with Gasteiger partial charge in [-0.3, -0.25) is 9.69 Å². The number of alkyl halides is 3. The molecule has 1 saturated heterocycles. The van der Waals surface area contributed by atoms with Crippen molar-refractivity contribution < 1.29 is 27.9 Å². The fraction of sp³-hybridized carbons (Fsp3) is 0.467. The standard InChI is InChI=1S/C15H18F3N3O3/c16-15(17,18)12(21-6-4-19-5-7-21)9-20-13(22)10-2-1-3-11(8-10)14(23)24/h1-3,8,12,19H,4-7,9H2,(H,20,22)(H,23,24). The van der Waals surface area contributed by atoms with Crippen LogP contribution in [0.15, 0.2) is 24.3 Å². The molecule has 1 unspecified atom stereocenters. The van der Waals surface area contributed by atoms with Crippen molar-refractivity contribution in [2.45, 2.75) is 12.2 Å². The van der Waals surface area contributed by atoms with Crippen LogP contribution in [-0.2, 0) is 0 Å². The summed E-state index contributed by atoms with van der Waals surface area (Å²) in [6, 6.07) is 3.39. The van der Waals surface area contributed by atoms with Crippen LogP contribution in [0.2, 0.25) is 0 Å². The van der Waals surface area contributed by atoms with Crippen molar-refractivity contribution in [2.24, 2.45) is 0 Å². The third kappa shape index (κ3) is 4.68. The molecule has 6 nitrogen and oxygen atoms in total. The van der Waals surface area contributed by atoms with E-state index in [4.69, 9.17) is 5.11 Å². The maximum atomic E-state index is 13.2. The summed E-state index contributed by atoms with van der Waals surface area (Å²) in [7, 11) is 0. The molecule has 1 aromatic carbocycles. The molecule has 0 radical (unpaired) electrons. The Morgan fingerprint density at radius 1 is 1.25 bits per heavy atom. The van der Waals surface area contributed by atoms with Gasteiger partial charge >= 0.3 is 12.1 Å². The molecular formula is C15H18F3N3O3. The minimum absolute atomic E-state index is 0.0103. The van der Waals surface area contributed by atoms with Crippen molar-refractivity contribution in [3.05, 3.63) is 35.4 Å². The van der Waals surface area contributed by atoms with E-state index in [9.17, 15) is 22.8 Å². The Bertz CT molecular complexity index is 601. The monoisotopic (exact) mass is 345 g/mol. The lowest BCUT2D eigenvalue weighted by atomic mass is 10.1. The molecule has 0 saturated carbocycles. The average molecular weight is 345 g/mol. The predicted molar refractivity (Wildman–Crippen MR) is 80.0 cm³/mol. The van der Waals surface area contributed by atoms with Crippen molar-refractivity contribution in [1.29, 1.82) is 0 Å². The van der Waals surface area contributed by atoms with Gasteiger partial charge in [0.1, 0.15) is 6.04 Å². The maximum absolute atomic E-state index is 13.2. The molecule has 1 heterocycles. The Morgan fingerprint density at radius 3 is 2.46 bits per heavy atom. The van der Waals surface area contributed by atoms with Gasteiger partial charge in [0.15, 0.2) is 0 Å².